The van der Waals surface area contributed by atoms with Gasteiger partial charge in [0.15, 0.2) is 0 Å². The Labute approximate surface area is 69.4 Å². The molecule has 0 bridgehead atoms. The highest BCUT2D eigenvalue weighted by Gasteiger charge is 2.01. The van der Waals surface area contributed by atoms with Gasteiger partial charge in [-0.3, -0.25) is 0 Å². The number of thiocarbonyl (C=S) groups is 1. The van der Waals surface area contributed by atoms with Gasteiger partial charge in [0.1, 0.15) is 4.32 Å². The van der Waals surface area contributed by atoms with E-state index in [-0.39, 0.29) is 10.1 Å². The van der Waals surface area contributed by atoms with Gasteiger partial charge < -0.3 is 5.73 Å². The van der Waals surface area contributed by atoms with E-state index in [9.17, 15) is 8.42 Å². The summed E-state index contributed by atoms with van der Waals surface area (Å²) in [4.78, 5) is 0. The van der Waals surface area contributed by atoms with Crippen LogP contribution in [0.2, 0.25) is 0 Å². The van der Waals surface area contributed by atoms with Gasteiger partial charge in [-0.1, -0.05) is 24.0 Å². The van der Waals surface area contributed by atoms with E-state index in [1.54, 1.807) is 0 Å². The minimum Gasteiger partial charge on any atom is -0.385 e. The third kappa shape index (κ3) is 8.15. The number of rotatable bonds is 3. The molecule has 0 heterocycles. The van der Waals surface area contributed by atoms with Crippen molar-refractivity contribution in [2.45, 2.75) is 0 Å². The van der Waals surface area contributed by atoms with Crippen molar-refractivity contribution in [2.24, 2.45) is 10.9 Å². The lowest BCUT2D eigenvalue weighted by Crippen LogP contribution is -2.19. The van der Waals surface area contributed by atoms with Crippen LogP contribution in [-0.4, -0.2) is 24.2 Å². The zero-order chi connectivity index (χ0) is 8.20. The van der Waals surface area contributed by atoms with Gasteiger partial charge in [-0.2, -0.15) is 0 Å². The van der Waals surface area contributed by atoms with E-state index >= 15 is 0 Å². The van der Waals surface area contributed by atoms with Crippen molar-refractivity contribution in [1.29, 1.82) is 0 Å². The maximum atomic E-state index is 10.3. The van der Waals surface area contributed by atoms with Crippen molar-refractivity contribution in [3.05, 3.63) is 0 Å². The van der Waals surface area contributed by atoms with E-state index < -0.39 is 10.0 Å². The molecule has 0 spiro atoms. The summed E-state index contributed by atoms with van der Waals surface area (Å²) < 4.78 is 20.8. The third-order valence-corrected chi connectivity index (χ3v) is 2.69. The summed E-state index contributed by atoms with van der Waals surface area (Å²) in [5.41, 5.74) is 5.08. The standard InChI is InChI=1S/C3H8N2O2S3/c4-3(8)9-1-2-10(5,6)7/h1-2H2,(H2,4,8)(H2,5,6,7). The van der Waals surface area contributed by atoms with Crippen molar-refractivity contribution in [1.82, 2.24) is 0 Å². The first-order valence-electron chi connectivity index (χ1n) is 2.34. The van der Waals surface area contributed by atoms with Gasteiger partial charge in [0.2, 0.25) is 10.0 Å². The summed E-state index contributed by atoms with van der Waals surface area (Å²) in [6.45, 7) is 0. The van der Waals surface area contributed by atoms with Crippen LogP contribution in [0.5, 0.6) is 0 Å². The molecule has 0 unspecified atom stereocenters. The van der Waals surface area contributed by atoms with Gasteiger partial charge in [0.05, 0.1) is 5.75 Å². The van der Waals surface area contributed by atoms with E-state index in [2.05, 4.69) is 12.2 Å². The molecular formula is C3H8N2O2S3. The summed E-state index contributed by atoms with van der Waals surface area (Å²) in [6, 6.07) is 0. The molecule has 4 nitrogen and oxygen atoms in total. The number of hydrogen-bond donors (Lipinski definition) is 2. The molecule has 4 N–H and O–H groups in total. The van der Waals surface area contributed by atoms with Gasteiger partial charge in [0, 0.05) is 5.75 Å². The molecule has 10 heavy (non-hydrogen) atoms. The Morgan fingerprint density at radius 2 is 2.10 bits per heavy atom. The van der Waals surface area contributed by atoms with Crippen molar-refractivity contribution in [3.63, 3.8) is 0 Å². The predicted molar refractivity (Wildman–Crippen MR) is 47.2 cm³/mol. The highest BCUT2D eigenvalue weighted by atomic mass is 32.2. The number of sulfonamides is 1. The van der Waals surface area contributed by atoms with Gasteiger partial charge >= 0.3 is 0 Å². The minimum absolute atomic E-state index is 0.0883. The second kappa shape index (κ2) is 4.12. The third-order valence-electron chi connectivity index (χ3n) is 0.612. The molecule has 0 saturated heterocycles. The fourth-order valence-corrected chi connectivity index (χ4v) is 1.97. The summed E-state index contributed by atoms with van der Waals surface area (Å²) in [5.74, 6) is 0.239. The van der Waals surface area contributed by atoms with Crippen molar-refractivity contribution >= 4 is 38.3 Å². The van der Waals surface area contributed by atoms with Crippen molar-refractivity contribution in [3.8, 4) is 0 Å². The number of thioether (sulfide) groups is 1. The van der Waals surface area contributed by atoms with E-state index in [1.165, 1.54) is 0 Å². The molecule has 7 heteroatoms. The van der Waals surface area contributed by atoms with Gasteiger partial charge in [-0.25, -0.2) is 13.6 Å². The highest BCUT2D eigenvalue weighted by Crippen LogP contribution is 1.99. The van der Waals surface area contributed by atoms with Crippen LogP contribution in [0.25, 0.3) is 0 Å². The normalized spacial score (nSPS) is 11.3. The van der Waals surface area contributed by atoms with Gasteiger partial charge in [-0.05, 0) is 0 Å². The molecule has 0 fully saturated rings. The smallest absolute Gasteiger partial charge is 0.209 e. The van der Waals surface area contributed by atoms with E-state index in [4.69, 9.17) is 10.9 Å². The van der Waals surface area contributed by atoms with Crippen LogP contribution in [0.15, 0.2) is 0 Å². The van der Waals surface area contributed by atoms with E-state index in [0.717, 1.165) is 11.8 Å². The summed E-state index contributed by atoms with van der Waals surface area (Å²) in [6.07, 6.45) is 0. The Bertz CT molecular complexity index is 210. The average molecular weight is 200 g/mol. The van der Waals surface area contributed by atoms with Crippen LogP contribution in [0.3, 0.4) is 0 Å². The maximum absolute atomic E-state index is 10.3. The predicted octanol–water partition coefficient (Wildman–Crippen LogP) is -0.748. The number of nitrogens with two attached hydrogens (primary N) is 2. The molecule has 0 aromatic heterocycles. The molecule has 0 aliphatic carbocycles. The lowest BCUT2D eigenvalue weighted by molar-refractivity contribution is 0.599. The van der Waals surface area contributed by atoms with Crippen LogP contribution >= 0.6 is 24.0 Å². The van der Waals surface area contributed by atoms with Crippen LogP contribution in [0, 0.1) is 0 Å². The molecule has 0 aliphatic rings. The first-order valence-corrected chi connectivity index (χ1v) is 5.45. The molecule has 0 aliphatic heterocycles. The van der Waals surface area contributed by atoms with Gasteiger partial charge in [-0.15, -0.1) is 0 Å². The molecule has 60 valence electrons. The summed E-state index contributed by atoms with van der Waals surface area (Å²) >= 11 is 5.60. The average Bonchev–Trinajstić information content (AvgIpc) is 1.59. The zero-order valence-corrected chi connectivity index (χ0v) is 7.56. The largest absolute Gasteiger partial charge is 0.385 e. The first-order chi connectivity index (χ1) is 4.42. The van der Waals surface area contributed by atoms with E-state index in [0.29, 0.717) is 5.75 Å². The Hall–Kier alpha value is 0.150. The fraction of sp³-hybridized carbons (Fsp3) is 0.667. The molecule has 0 atom stereocenters. The highest BCUT2D eigenvalue weighted by molar-refractivity contribution is 8.23. The quantitative estimate of drug-likeness (QED) is 0.586. The Morgan fingerprint density at radius 1 is 1.60 bits per heavy atom. The number of primary sulfonamides is 1. The summed E-state index contributed by atoms with van der Waals surface area (Å²) in [7, 11) is -3.36. The van der Waals surface area contributed by atoms with Crippen molar-refractivity contribution in [2.75, 3.05) is 11.5 Å². The van der Waals surface area contributed by atoms with Crippen LogP contribution in [0.4, 0.5) is 0 Å². The maximum Gasteiger partial charge on any atom is 0.209 e. The molecule has 0 amide bonds. The SMILES string of the molecule is NC(=S)SCCS(N)(=O)=O. The van der Waals surface area contributed by atoms with Crippen LogP contribution in [0.1, 0.15) is 0 Å². The second-order valence-corrected chi connectivity index (χ2v) is 5.10. The van der Waals surface area contributed by atoms with Crippen LogP contribution < -0.4 is 10.9 Å². The lowest BCUT2D eigenvalue weighted by atomic mass is 11.0. The molecule has 0 radical (unpaired) electrons. The zero-order valence-electron chi connectivity index (χ0n) is 5.11. The fourth-order valence-electron chi connectivity index (χ4n) is 0.258. The Kier molecular flexibility index (Phi) is 4.18. The molecule has 0 rings (SSSR count). The van der Waals surface area contributed by atoms with Crippen molar-refractivity contribution < 1.29 is 8.42 Å². The topological polar surface area (TPSA) is 86.2 Å². The Morgan fingerprint density at radius 3 is 2.40 bits per heavy atom. The first kappa shape index (κ1) is 10.2. The van der Waals surface area contributed by atoms with Crippen LogP contribution in [-0.2, 0) is 10.0 Å². The Balaban J connectivity index is 3.49. The minimum atomic E-state index is -3.36. The monoisotopic (exact) mass is 200 g/mol. The molecule has 0 aromatic carbocycles. The second-order valence-electron chi connectivity index (χ2n) is 1.53. The molecular weight excluding hydrogens is 192 g/mol. The molecule has 0 saturated carbocycles. The summed E-state index contributed by atoms with van der Waals surface area (Å²) in [5, 5.41) is 4.70. The lowest BCUT2D eigenvalue weighted by Gasteiger charge is -1.95. The molecule has 0 aromatic rings. The van der Waals surface area contributed by atoms with E-state index in [1.807, 2.05) is 0 Å². The number of hydrogen-bond acceptors (Lipinski definition) is 4. The van der Waals surface area contributed by atoms with Gasteiger partial charge in [0.25, 0.3) is 0 Å².